The molecular weight excluding hydrogens is 236 g/mol. The third kappa shape index (κ3) is 2.65. The van der Waals surface area contributed by atoms with Crippen molar-refractivity contribution in [3.8, 4) is 6.07 Å². The number of hydrogen-bond acceptors (Lipinski definition) is 4. The fourth-order valence-corrected chi connectivity index (χ4v) is 1.49. The van der Waals surface area contributed by atoms with Crippen molar-refractivity contribution in [2.75, 3.05) is 11.1 Å². The predicted octanol–water partition coefficient (Wildman–Crippen LogP) is 2.93. The molecule has 0 amide bonds. The second kappa shape index (κ2) is 4.73. The molecule has 0 aliphatic rings. The van der Waals surface area contributed by atoms with Crippen LogP contribution in [0.15, 0.2) is 36.5 Å². The van der Waals surface area contributed by atoms with Gasteiger partial charge >= 0.3 is 0 Å². The van der Waals surface area contributed by atoms with Gasteiger partial charge in [-0.3, -0.25) is 0 Å². The van der Waals surface area contributed by atoms with Crippen LogP contribution in [0, 0.1) is 11.3 Å². The van der Waals surface area contributed by atoms with Crippen LogP contribution in [0.2, 0.25) is 5.02 Å². The fourth-order valence-electron chi connectivity index (χ4n) is 1.32. The molecule has 0 saturated carbocycles. The van der Waals surface area contributed by atoms with Crippen molar-refractivity contribution in [1.29, 1.82) is 5.26 Å². The van der Waals surface area contributed by atoms with E-state index in [0.29, 0.717) is 22.1 Å². The molecule has 0 radical (unpaired) electrons. The minimum atomic E-state index is 0.474. The van der Waals surface area contributed by atoms with Crippen LogP contribution in [-0.2, 0) is 0 Å². The summed E-state index contributed by atoms with van der Waals surface area (Å²) >= 11 is 5.75. The number of aromatic nitrogens is 1. The monoisotopic (exact) mass is 244 g/mol. The van der Waals surface area contributed by atoms with Crippen LogP contribution in [0.3, 0.4) is 0 Å². The molecule has 1 heterocycles. The van der Waals surface area contributed by atoms with E-state index >= 15 is 0 Å². The number of nitrogens with two attached hydrogens (primary N) is 1. The Labute approximate surface area is 104 Å². The fraction of sp³-hybridized carbons (Fsp3) is 0. The Hall–Kier alpha value is -2.25. The lowest BCUT2D eigenvalue weighted by Crippen LogP contribution is -1.98. The van der Waals surface area contributed by atoms with Gasteiger partial charge in [-0.25, -0.2) is 4.98 Å². The minimum absolute atomic E-state index is 0.474. The molecule has 2 rings (SSSR count). The van der Waals surface area contributed by atoms with Gasteiger partial charge in [-0.2, -0.15) is 5.26 Å². The van der Waals surface area contributed by atoms with Crippen LogP contribution >= 0.6 is 11.6 Å². The van der Waals surface area contributed by atoms with Crippen molar-refractivity contribution in [2.24, 2.45) is 0 Å². The Morgan fingerprint density at radius 1 is 1.29 bits per heavy atom. The number of nitrogens with one attached hydrogen (secondary N) is 1. The molecule has 0 aliphatic heterocycles. The van der Waals surface area contributed by atoms with Crippen molar-refractivity contribution in [3.63, 3.8) is 0 Å². The maximum atomic E-state index is 8.68. The largest absolute Gasteiger partial charge is 0.396 e. The summed E-state index contributed by atoms with van der Waals surface area (Å²) in [7, 11) is 0. The van der Waals surface area contributed by atoms with Gasteiger partial charge in [0.25, 0.3) is 0 Å². The summed E-state index contributed by atoms with van der Waals surface area (Å²) in [6.07, 6.45) is 1.52. The number of hydrogen-bond donors (Lipinski definition) is 2. The molecule has 0 fully saturated rings. The van der Waals surface area contributed by atoms with Crippen LogP contribution in [0.4, 0.5) is 17.2 Å². The van der Waals surface area contributed by atoms with Crippen molar-refractivity contribution in [3.05, 3.63) is 47.1 Å². The number of rotatable bonds is 2. The van der Waals surface area contributed by atoms with Crippen LogP contribution in [-0.4, -0.2) is 4.98 Å². The molecule has 4 nitrogen and oxygen atoms in total. The summed E-state index contributed by atoms with van der Waals surface area (Å²) in [5.41, 5.74) is 7.65. The first-order valence-electron chi connectivity index (χ1n) is 4.87. The highest BCUT2D eigenvalue weighted by Crippen LogP contribution is 2.23. The van der Waals surface area contributed by atoms with Gasteiger partial charge in [0.2, 0.25) is 0 Å². The Balaban J connectivity index is 2.23. The molecule has 0 spiro atoms. The maximum Gasteiger partial charge on any atom is 0.153 e. The zero-order chi connectivity index (χ0) is 12.3. The van der Waals surface area contributed by atoms with E-state index in [2.05, 4.69) is 16.4 Å². The average molecular weight is 245 g/mol. The highest BCUT2D eigenvalue weighted by Gasteiger charge is 2.02. The lowest BCUT2D eigenvalue weighted by atomic mass is 10.2. The van der Waals surface area contributed by atoms with Gasteiger partial charge in [-0.1, -0.05) is 11.6 Å². The van der Waals surface area contributed by atoms with Gasteiger partial charge in [0.05, 0.1) is 22.3 Å². The van der Waals surface area contributed by atoms with Crippen LogP contribution in [0.25, 0.3) is 0 Å². The van der Waals surface area contributed by atoms with E-state index in [1.807, 2.05) is 0 Å². The summed E-state index contributed by atoms with van der Waals surface area (Å²) in [5.74, 6) is 0.541. The number of anilines is 3. The quantitative estimate of drug-likeness (QED) is 0.852. The van der Waals surface area contributed by atoms with Crippen LogP contribution in [0.5, 0.6) is 0 Å². The molecule has 2 aromatic rings. The third-order valence-electron chi connectivity index (χ3n) is 2.16. The van der Waals surface area contributed by atoms with Gasteiger partial charge < -0.3 is 11.1 Å². The predicted molar refractivity (Wildman–Crippen MR) is 68.1 cm³/mol. The normalized spacial score (nSPS) is 9.65. The molecule has 17 heavy (non-hydrogen) atoms. The maximum absolute atomic E-state index is 8.68. The summed E-state index contributed by atoms with van der Waals surface area (Å²) < 4.78 is 0. The van der Waals surface area contributed by atoms with Crippen LogP contribution in [0.1, 0.15) is 5.56 Å². The molecule has 0 bridgehead atoms. The molecule has 0 atom stereocenters. The molecule has 5 heteroatoms. The molecule has 0 saturated heterocycles. The van der Waals surface area contributed by atoms with E-state index < -0.39 is 0 Å². The molecule has 1 aromatic carbocycles. The number of pyridine rings is 1. The first-order chi connectivity index (χ1) is 8.19. The highest BCUT2D eigenvalue weighted by molar-refractivity contribution is 6.30. The number of nitrogen functional groups attached to an aromatic ring is 1. The Morgan fingerprint density at radius 2 is 2.00 bits per heavy atom. The Morgan fingerprint density at radius 3 is 2.59 bits per heavy atom. The van der Waals surface area contributed by atoms with E-state index in [0.717, 1.165) is 5.69 Å². The lowest BCUT2D eigenvalue weighted by molar-refractivity contribution is 1.31. The van der Waals surface area contributed by atoms with E-state index in [1.165, 1.54) is 6.20 Å². The van der Waals surface area contributed by atoms with Gasteiger partial charge in [-0.05, 0) is 30.3 Å². The second-order valence-corrected chi connectivity index (χ2v) is 3.84. The SMILES string of the molecule is N#Cc1ccc(Nc2ncc(Cl)cc2N)cc1. The third-order valence-corrected chi connectivity index (χ3v) is 2.37. The van der Waals surface area contributed by atoms with Crippen molar-refractivity contribution >= 4 is 28.8 Å². The van der Waals surface area contributed by atoms with Gasteiger partial charge in [0.15, 0.2) is 5.82 Å². The lowest BCUT2D eigenvalue weighted by Gasteiger charge is -2.08. The number of halogens is 1. The summed E-state index contributed by atoms with van der Waals surface area (Å²) in [6.45, 7) is 0. The van der Waals surface area contributed by atoms with Gasteiger partial charge in [0, 0.05) is 11.9 Å². The molecular formula is C12H9ClN4. The van der Waals surface area contributed by atoms with Crippen LogP contribution < -0.4 is 11.1 Å². The van der Waals surface area contributed by atoms with Gasteiger partial charge in [0.1, 0.15) is 0 Å². The molecule has 1 aromatic heterocycles. The first kappa shape index (κ1) is 11.2. The van der Waals surface area contributed by atoms with E-state index in [4.69, 9.17) is 22.6 Å². The molecule has 0 aliphatic carbocycles. The van der Waals surface area contributed by atoms with E-state index in [1.54, 1.807) is 30.3 Å². The van der Waals surface area contributed by atoms with E-state index in [9.17, 15) is 0 Å². The van der Waals surface area contributed by atoms with Crippen molar-refractivity contribution in [2.45, 2.75) is 0 Å². The topological polar surface area (TPSA) is 74.7 Å². The van der Waals surface area contributed by atoms with Gasteiger partial charge in [-0.15, -0.1) is 0 Å². The standard InChI is InChI=1S/C12H9ClN4/c13-9-5-11(15)12(16-7-9)17-10-3-1-8(6-14)2-4-10/h1-5,7H,15H2,(H,16,17). The number of benzene rings is 1. The van der Waals surface area contributed by atoms with Crippen molar-refractivity contribution < 1.29 is 0 Å². The summed E-state index contributed by atoms with van der Waals surface area (Å²) in [4.78, 5) is 4.08. The minimum Gasteiger partial charge on any atom is -0.396 e. The highest BCUT2D eigenvalue weighted by atomic mass is 35.5. The Kier molecular flexibility index (Phi) is 3.12. The molecule has 0 unspecified atom stereocenters. The number of nitriles is 1. The smallest absolute Gasteiger partial charge is 0.153 e. The van der Waals surface area contributed by atoms with Crippen molar-refractivity contribution in [1.82, 2.24) is 4.98 Å². The average Bonchev–Trinajstić information content (AvgIpc) is 2.34. The zero-order valence-corrected chi connectivity index (χ0v) is 9.57. The summed E-state index contributed by atoms with van der Waals surface area (Å²) in [5, 5.41) is 12.2. The Bertz CT molecular complexity index is 572. The van der Waals surface area contributed by atoms with E-state index in [-0.39, 0.29) is 0 Å². The first-order valence-corrected chi connectivity index (χ1v) is 5.25. The molecule has 84 valence electrons. The molecule has 3 N–H and O–H groups in total. The summed E-state index contributed by atoms with van der Waals surface area (Å²) in [6, 6.07) is 10.7. The second-order valence-electron chi connectivity index (χ2n) is 3.41. The zero-order valence-electron chi connectivity index (χ0n) is 8.81. The number of nitrogens with zero attached hydrogens (tertiary/aromatic N) is 2.